The Hall–Kier alpha value is -2.53. The Balaban J connectivity index is 1.77. The number of thiazole rings is 1. The third-order valence-electron chi connectivity index (χ3n) is 5.32. The summed E-state index contributed by atoms with van der Waals surface area (Å²) in [5, 5.41) is 2.75. The van der Waals surface area contributed by atoms with E-state index >= 15 is 0 Å². The molecule has 0 atom stereocenters. The summed E-state index contributed by atoms with van der Waals surface area (Å²) in [5.41, 5.74) is 1.69. The first-order chi connectivity index (χ1) is 15.7. The Morgan fingerprint density at radius 3 is 2.61 bits per heavy atom. The lowest BCUT2D eigenvalue weighted by Gasteiger charge is -2.22. The molecule has 0 spiro atoms. The highest BCUT2D eigenvalue weighted by Crippen LogP contribution is 2.19. The van der Waals surface area contributed by atoms with Crippen LogP contribution in [0.2, 0.25) is 0 Å². The molecule has 180 valence electrons. The number of sulfone groups is 1. The second-order valence-corrected chi connectivity index (χ2v) is 11.3. The van der Waals surface area contributed by atoms with Crippen LogP contribution in [0.15, 0.2) is 23.2 Å². The number of aromatic nitrogens is 1. The highest BCUT2D eigenvalue weighted by atomic mass is 32.2. The number of esters is 1. The lowest BCUT2D eigenvalue weighted by molar-refractivity contribution is -0.143. The van der Waals surface area contributed by atoms with Gasteiger partial charge in [0, 0.05) is 6.04 Å². The van der Waals surface area contributed by atoms with Crippen LogP contribution >= 0.6 is 11.3 Å². The van der Waals surface area contributed by atoms with Crippen molar-refractivity contribution in [1.82, 2.24) is 9.88 Å². The molecule has 0 aliphatic heterocycles. The van der Waals surface area contributed by atoms with Crippen molar-refractivity contribution < 1.29 is 27.5 Å². The minimum Gasteiger partial charge on any atom is -0.465 e. The van der Waals surface area contributed by atoms with Gasteiger partial charge < -0.3 is 14.6 Å². The molecule has 1 fully saturated rings. The molecule has 1 aliphatic carbocycles. The summed E-state index contributed by atoms with van der Waals surface area (Å²) in [6, 6.07) is 5.58. The number of amides is 2. The van der Waals surface area contributed by atoms with Gasteiger partial charge in [-0.15, -0.1) is 0 Å². The maximum absolute atomic E-state index is 12.5. The molecule has 2 amide bonds. The molecular weight excluding hydrogens is 466 g/mol. The smallest absolute Gasteiger partial charge is 0.326 e. The molecule has 0 radical (unpaired) electrons. The first-order valence-corrected chi connectivity index (χ1v) is 13.6. The highest BCUT2D eigenvalue weighted by Gasteiger charge is 2.23. The van der Waals surface area contributed by atoms with Crippen LogP contribution in [0, 0.1) is 6.92 Å². The minimum atomic E-state index is -3.98. The predicted octanol–water partition coefficient (Wildman–Crippen LogP) is 1.87. The van der Waals surface area contributed by atoms with Gasteiger partial charge in [0.1, 0.15) is 18.1 Å². The van der Waals surface area contributed by atoms with Crippen molar-refractivity contribution in [3.8, 4) is 0 Å². The van der Waals surface area contributed by atoms with Crippen LogP contribution < -0.4 is 10.1 Å². The van der Waals surface area contributed by atoms with Crippen molar-refractivity contribution >= 4 is 49.2 Å². The zero-order valence-corrected chi connectivity index (χ0v) is 20.5. The van der Waals surface area contributed by atoms with E-state index < -0.39 is 39.1 Å². The summed E-state index contributed by atoms with van der Waals surface area (Å²) >= 11 is 1.18. The van der Waals surface area contributed by atoms with E-state index in [2.05, 4.69) is 10.3 Å². The monoisotopic (exact) mass is 495 g/mol. The molecule has 1 aromatic heterocycles. The zero-order chi connectivity index (χ0) is 24.0. The maximum Gasteiger partial charge on any atom is 0.326 e. The molecule has 2 aromatic rings. The molecule has 1 saturated carbocycles. The molecule has 0 unspecified atom stereocenters. The molecule has 1 heterocycles. The number of carbonyl (C=O) groups is 3. The Labute approximate surface area is 196 Å². The Kier molecular flexibility index (Phi) is 8.41. The molecule has 9 nitrogen and oxygen atoms in total. The Bertz CT molecular complexity index is 1210. The minimum absolute atomic E-state index is 0.00863. The lowest BCUT2D eigenvalue weighted by atomic mass is 9.95. The van der Waals surface area contributed by atoms with Gasteiger partial charge in [-0.2, -0.15) is 4.99 Å². The van der Waals surface area contributed by atoms with Gasteiger partial charge in [-0.25, -0.2) is 8.42 Å². The molecule has 0 bridgehead atoms. The molecule has 1 aliphatic rings. The van der Waals surface area contributed by atoms with Crippen molar-refractivity contribution in [3.05, 3.63) is 28.6 Å². The fourth-order valence-electron chi connectivity index (χ4n) is 3.85. The topological polar surface area (TPSA) is 124 Å². The molecule has 1 N–H and O–H groups in total. The van der Waals surface area contributed by atoms with Crippen LogP contribution in [0.1, 0.15) is 44.6 Å². The third kappa shape index (κ3) is 7.23. The molecule has 3 rings (SSSR count). The van der Waals surface area contributed by atoms with Crippen LogP contribution in [-0.4, -0.2) is 54.9 Å². The van der Waals surface area contributed by atoms with Gasteiger partial charge in [0.2, 0.25) is 5.91 Å². The summed E-state index contributed by atoms with van der Waals surface area (Å²) < 4.78 is 32.2. The maximum atomic E-state index is 12.5. The van der Waals surface area contributed by atoms with E-state index in [1.807, 2.05) is 25.1 Å². The molecule has 33 heavy (non-hydrogen) atoms. The molecule has 1 aromatic carbocycles. The number of carbonyl (C=O) groups excluding carboxylic acids is 3. The Morgan fingerprint density at radius 1 is 1.18 bits per heavy atom. The number of ether oxygens (including phenoxy) is 1. The molecule has 0 saturated heterocycles. The standard InChI is InChI=1S/C22H29N3O6S2/c1-3-31-21(28)12-25-17-10-9-15(2)11-18(17)32-22(25)24-20(27)14-33(29,30)13-19(26)23-16-7-5-4-6-8-16/h9-11,16H,3-8,12-14H2,1-2H3,(H,23,26). The average molecular weight is 496 g/mol. The number of aryl methyl sites for hydroxylation is 1. The third-order valence-corrected chi connectivity index (χ3v) is 7.75. The van der Waals surface area contributed by atoms with Crippen LogP contribution in [-0.2, 0) is 35.5 Å². The zero-order valence-electron chi connectivity index (χ0n) is 18.8. The summed E-state index contributed by atoms with van der Waals surface area (Å²) in [7, 11) is -3.98. The van der Waals surface area contributed by atoms with Gasteiger partial charge in [0.05, 0.1) is 16.8 Å². The van der Waals surface area contributed by atoms with Gasteiger partial charge in [-0.05, 0) is 44.4 Å². The fourth-order valence-corrected chi connectivity index (χ4v) is 6.02. The summed E-state index contributed by atoms with van der Waals surface area (Å²) in [4.78, 5) is 40.9. The van der Waals surface area contributed by atoms with Crippen molar-refractivity contribution in [3.63, 3.8) is 0 Å². The number of hydrogen-bond acceptors (Lipinski definition) is 7. The van der Waals surface area contributed by atoms with Crippen molar-refractivity contribution in [2.75, 3.05) is 18.1 Å². The lowest BCUT2D eigenvalue weighted by Crippen LogP contribution is -2.40. The van der Waals surface area contributed by atoms with Crippen molar-refractivity contribution in [2.45, 2.75) is 58.5 Å². The summed E-state index contributed by atoms with van der Waals surface area (Å²) in [5.74, 6) is -3.60. The second-order valence-electron chi connectivity index (χ2n) is 8.19. The van der Waals surface area contributed by atoms with E-state index in [1.165, 1.54) is 15.9 Å². The first kappa shape index (κ1) is 25.1. The number of nitrogens with one attached hydrogen (secondary N) is 1. The normalized spacial score (nSPS) is 15.5. The van der Waals surface area contributed by atoms with Crippen LogP contribution in [0.3, 0.4) is 0 Å². The summed E-state index contributed by atoms with van der Waals surface area (Å²) in [6.45, 7) is 3.68. The van der Waals surface area contributed by atoms with E-state index in [0.717, 1.165) is 42.4 Å². The van der Waals surface area contributed by atoms with Crippen LogP contribution in [0.25, 0.3) is 10.2 Å². The van der Waals surface area contributed by atoms with Crippen molar-refractivity contribution in [1.29, 1.82) is 0 Å². The predicted molar refractivity (Wildman–Crippen MR) is 125 cm³/mol. The van der Waals surface area contributed by atoms with Gasteiger partial charge in [-0.1, -0.05) is 36.7 Å². The van der Waals surface area contributed by atoms with Crippen LogP contribution in [0.4, 0.5) is 0 Å². The second kappa shape index (κ2) is 11.1. The number of nitrogens with zero attached hydrogens (tertiary/aromatic N) is 2. The average Bonchev–Trinajstić information content (AvgIpc) is 3.03. The quantitative estimate of drug-likeness (QED) is 0.558. The summed E-state index contributed by atoms with van der Waals surface area (Å²) in [6.07, 6.45) is 4.82. The van der Waals surface area contributed by atoms with Gasteiger partial charge >= 0.3 is 5.97 Å². The number of benzene rings is 1. The molecular formula is C22H29N3O6S2. The van der Waals surface area contributed by atoms with Gasteiger partial charge in [0.15, 0.2) is 14.6 Å². The number of hydrogen-bond donors (Lipinski definition) is 1. The van der Waals surface area contributed by atoms with E-state index in [1.54, 1.807) is 6.92 Å². The fraction of sp³-hybridized carbons (Fsp3) is 0.545. The van der Waals surface area contributed by atoms with Crippen LogP contribution in [0.5, 0.6) is 0 Å². The van der Waals surface area contributed by atoms with Crippen molar-refractivity contribution in [2.24, 2.45) is 4.99 Å². The largest absolute Gasteiger partial charge is 0.465 e. The highest BCUT2D eigenvalue weighted by molar-refractivity contribution is 7.92. The first-order valence-electron chi connectivity index (χ1n) is 11.0. The number of rotatable bonds is 8. The van der Waals surface area contributed by atoms with E-state index in [-0.39, 0.29) is 24.0 Å². The van der Waals surface area contributed by atoms with E-state index in [9.17, 15) is 22.8 Å². The number of fused-ring (bicyclic) bond motifs is 1. The SMILES string of the molecule is CCOC(=O)Cn1c(=NC(=O)CS(=O)(=O)CC(=O)NC2CCCCC2)sc2cc(C)ccc21. The van der Waals surface area contributed by atoms with E-state index in [0.29, 0.717) is 5.52 Å². The van der Waals surface area contributed by atoms with Gasteiger partial charge in [0.25, 0.3) is 5.91 Å². The van der Waals surface area contributed by atoms with E-state index in [4.69, 9.17) is 4.74 Å². The molecule has 11 heteroatoms. The van der Waals surface area contributed by atoms with Gasteiger partial charge in [-0.3, -0.25) is 14.4 Å². The Morgan fingerprint density at radius 2 is 1.91 bits per heavy atom.